The Balaban J connectivity index is 2.11. The molecular formula is C17H14N4O4. The van der Waals surface area contributed by atoms with Gasteiger partial charge >= 0.3 is 0 Å². The Morgan fingerprint density at radius 2 is 2.04 bits per heavy atom. The molecule has 126 valence electrons. The molecule has 0 aliphatic heterocycles. The van der Waals surface area contributed by atoms with Gasteiger partial charge in [0, 0.05) is 17.7 Å². The topological polar surface area (TPSA) is 99.6 Å². The molecular weight excluding hydrogens is 324 g/mol. The molecule has 1 heterocycles. The van der Waals surface area contributed by atoms with Gasteiger partial charge in [-0.3, -0.25) is 14.9 Å². The number of benzene rings is 2. The van der Waals surface area contributed by atoms with E-state index in [0.29, 0.717) is 28.0 Å². The third-order valence-electron chi connectivity index (χ3n) is 3.65. The molecule has 8 nitrogen and oxygen atoms in total. The number of hydrogen-bond donors (Lipinski definition) is 0. The molecule has 0 saturated heterocycles. The third kappa shape index (κ3) is 3.09. The van der Waals surface area contributed by atoms with Crippen LogP contribution in [-0.4, -0.2) is 27.9 Å². The molecule has 0 radical (unpaired) electrons. The van der Waals surface area contributed by atoms with Crippen molar-refractivity contribution < 1.29 is 9.66 Å². The van der Waals surface area contributed by atoms with E-state index in [1.165, 1.54) is 31.5 Å². The van der Waals surface area contributed by atoms with E-state index in [9.17, 15) is 14.9 Å². The largest absolute Gasteiger partial charge is 0.496 e. The summed E-state index contributed by atoms with van der Waals surface area (Å²) in [5.41, 5.74) is 0.562. The highest BCUT2D eigenvalue weighted by Crippen LogP contribution is 2.22. The minimum Gasteiger partial charge on any atom is -0.496 e. The summed E-state index contributed by atoms with van der Waals surface area (Å²) < 4.78 is 6.34. The van der Waals surface area contributed by atoms with Gasteiger partial charge in [-0.15, -0.1) is 0 Å². The second-order valence-corrected chi connectivity index (χ2v) is 5.22. The number of aromatic nitrogens is 2. The van der Waals surface area contributed by atoms with Crippen molar-refractivity contribution in [2.24, 2.45) is 5.10 Å². The number of nitrogens with zero attached hydrogens (tertiary/aromatic N) is 4. The van der Waals surface area contributed by atoms with Gasteiger partial charge in [0.1, 0.15) is 11.6 Å². The quantitative estimate of drug-likeness (QED) is 0.413. The summed E-state index contributed by atoms with van der Waals surface area (Å²) in [5, 5.41) is 15.5. The molecule has 0 amide bonds. The molecule has 0 bridgehead atoms. The van der Waals surface area contributed by atoms with E-state index in [4.69, 9.17) is 4.74 Å². The molecule has 0 spiro atoms. The number of hydrogen-bond acceptors (Lipinski definition) is 6. The fourth-order valence-corrected chi connectivity index (χ4v) is 2.43. The van der Waals surface area contributed by atoms with Crippen LogP contribution in [0.4, 0.5) is 5.69 Å². The van der Waals surface area contributed by atoms with Gasteiger partial charge in [0.25, 0.3) is 11.2 Å². The van der Waals surface area contributed by atoms with Crippen LogP contribution in [0.3, 0.4) is 0 Å². The van der Waals surface area contributed by atoms with E-state index in [2.05, 4.69) is 10.1 Å². The third-order valence-corrected chi connectivity index (χ3v) is 3.65. The molecule has 0 atom stereocenters. The predicted molar refractivity (Wildman–Crippen MR) is 93.4 cm³/mol. The fraction of sp³-hybridized carbons (Fsp3) is 0.118. The number of ether oxygens (including phenoxy) is 1. The van der Waals surface area contributed by atoms with Gasteiger partial charge in [-0.25, -0.2) is 4.98 Å². The van der Waals surface area contributed by atoms with Crippen molar-refractivity contribution in [3.05, 3.63) is 74.3 Å². The lowest BCUT2D eigenvalue weighted by molar-refractivity contribution is -0.384. The van der Waals surface area contributed by atoms with Gasteiger partial charge in [0.15, 0.2) is 0 Å². The van der Waals surface area contributed by atoms with E-state index in [1.807, 2.05) is 0 Å². The number of nitro benzene ring substituents is 1. The van der Waals surface area contributed by atoms with Crippen LogP contribution in [0.25, 0.3) is 10.9 Å². The summed E-state index contributed by atoms with van der Waals surface area (Å²) >= 11 is 0. The van der Waals surface area contributed by atoms with Crippen LogP contribution in [0, 0.1) is 17.0 Å². The SMILES string of the molecule is COc1ccc([N+](=O)[O-])cc1C=Nn1c(C)nc2ccccc2c1=O. The molecule has 2 aromatic carbocycles. The summed E-state index contributed by atoms with van der Waals surface area (Å²) in [7, 11) is 1.45. The molecule has 8 heteroatoms. The minimum absolute atomic E-state index is 0.0945. The maximum absolute atomic E-state index is 12.6. The lowest BCUT2D eigenvalue weighted by Crippen LogP contribution is -2.20. The monoisotopic (exact) mass is 338 g/mol. The lowest BCUT2D eigenvalue weighted by atomic mass is 10.2. The smallest absolute Gasteiger partial charge is 0.282 e. The zero-order valence-electron chi connectivity index (χ0n) is 13.5. The van der Waals surface area contributed by atoms with Crippen LogP contribution in [-0.2, 0) is 0 Å². The number of non-ortho nitro benzene ring substituents is 1. The Morgan fingerprint density at radius 3 is 2.76 bits per heavy atom. The number of nitro groups is 1. The van der Waals surface area contributed by atoms with Gasteiger partial charge in [0.2, 0.25) is 0 Å². The first-order valence-corrected chi connectivity index (χ1v) is 7.36. The number of aryl methyl sites for hydroxylation is 1. The van der Waals surface area contributed by atoms with E-state index in [-0.39, 0.29) is 11.2 Å². The van der Waals surface area contributed by atoms with E-state index in [1.54, 1.807) is 31.2 Å². The Labute approximate surface area is 142 Å². The zero-order valence-corrected chi connectivity index (χ0v) is 13.5. The van der Waals surface area contributed by atoms with E-state index >= 15 is 0 Å². The van der Waals surface area contributed by atoms with Crippen molar-refractivity contribution in [1.82, 2.24) is 9.66 Å². The molecule has 0 N–H and O–H groups in total. The van der Waals surface area contributed by atoms with Gasteiger partial charge in [-0.05, 0) is 25.1 Å². The standard InChI is InChI=1S/C17H14N4O4/c1-11-19-15-6-4-3-5-14(15)17(22)20(11)18-10-12-9-13(21(23)24)7-8-16(12)25-2/h3-10H,1-2H3. The second kappa shape index (κ2) is 6.52. The van der Waals surface area contributed by atoms with Crippen molar-refractivity contribution in [1.29, 1.82) is 0 Å². The van der Waals surface area contributed by atoms with Crippen molar-refractivity contribution in [2.75, 3.05) is 7.11 Å². The Kier molecular flexibility index (Phi) is 4.25. The van der Waals surface area contributed by atoms with Gasteiger partial charge in [-0.1, -0.05) is 12.1 Å². The average molecular weight is 338 g/mol. The minimum atomic E-state index is -0.508. The summed E-state index contributed by atoms with van der Waals surface area (Å²) in [6.07, 6.45) is 1.34. The first-order chi connectivity index (χ1) is 12.0. The van der Waals surface area contributed by atoms with Crippen molar-refractivity contribution in [3.8, 4) is 5.75 Å². The van der Waals surface area contributed by atoms with Crippen LogP contribution in [0.15, 0.2) is 52.4 Å². The number of methoxy groups -OCH3 is 1. The van der Waals surface area contributed by atoms with Crippen LogP contribution >= 0.6 is 0 Å². The second-order valence-electron chi connectivity index (χ2n) is 5.22. The molecule has 3 aromatic rings. The maximum atomic E-state index is 12.6. The molecule has 25 heavy (non-hydrogen) atoms. The molecule has 1 aromatic heterocycles. The predicted octanol–water partition coefficient (Wildman–Crippen LogP) is 2.50. The summed E-state index contributed by atoms with van der Waals surface area (Å²) in [6, 6.07) is 11.1. The highest BCUT2D eigenvalue weighted by atomic mass is 16.6. The molecule has 0 aliphatic carbocycles. The molecule has 0 fully saturated rings. The lowest BCUT2D eigenvalue weighted by Gasteiger charge is -2.06. The Hall–Kier alpha value is -3.55. The fourth-order valence-electron chi connectivity index (χ4n) is 2.43. The highest BCUT2D eigenvalue weighted by molar-refractivity contribution is 5.85. The molecule has 3 rings (SSSR count). The number of fused-ring (bicyclic) bond motifs is 1. The normalized spacial score (nSPS) is 11.1. The average Bonchev–Trinajstić information content (AvgIpc) is 2.61. The van der Waals surface area contributed by atoms with Crippen LogP contribution in [0.5, 0.6) is 5.75 Å². The van der Waals surface area contributed by atoms with Gasteiger partial charge < -0.3 is 4.74 Å². The Morgan fingerprint density at radius 1 is 1.28 bits per heavy atom. The van der Waals surface area contributed by atoms with Gasteiger partial charge in [-0.2, -0.15) is 9.78 Å². The zero-order chi connectivity index (χ0) is 18.0. The number of rotatable bonds is 4. The summed E-state index contributed by atoms with van der Waals surface area (Å²) in [4.78, 5) is 27.3. The Bertz CT molecular complexity index is 1060. The van der Waals surface area contributed by atoms with E-state index in [0.717, 1.165) is 4.68 Å². The maximum Gasteiger partial charge on any atom is 0.282 e. The first kappa shape index (κ1) is 16.3. The van der Waals surface area contributed by atoms with Gasteiger partial charge in [0.05, 0.1) is 29.2 Å². The van der Waals surface area contributed by atoms with E-state index < -0.39 is 4.92 Å². The highest BCUT2D eigenvalue weighted by Gasteiger charge is 2.11. The van der Waals surface area contributed by atoms with Crippen molar-refractivity contribution >= 4 is 22.8 Å². The van der Waals surface area contributed by atoms with Crippen molar-refractivity contribution in [2.45, 2.75) is 6.92 Å². The number of para-hydroxylation sites is 1. The van der Waals surface area contributed by atoms with Crippen LogP contribution in [0.1, 0.15) is 11.4 Å². The molecule has 0 aliphatic rings. The molecule has 0 unspecified atom stereocenters. The van der Waals surface area contributed by atoms with Crippen LogP contribution in [0.2, 0.25) is 0 Å². The summed E-state index contributed by atoms with van der Waals surface area (Å²) in [6.45, 7) is 1.66. The summed E-state index contributed by atoms with van der Waals surface area (Å²) in [5.74, 6) is 0.818. The van der Waals surface area contributed by atoms with Crippen LogP contribution < -0.4 is 10.3 Å². The first-order valence-electron chi connectivity index (χ1n) is 7.36. The molecule has 0 saturated carbocycles. The van der Waals surface area contributed by atoms with Crippen molar-refractivity contribution in [3.63, 3.8) is 0 Å².